The van der Waals surface area contributed by atoms with E-state index in [-0.39, 0.29) is 0 Å². The predicted molar refractivity (Wildman–Crippen MR) is 95.3 cm³/mol. The van der Waals surface area contributed by atoms with E-state index in [1.54, 1.807) is 0 Å². The van der Waals surface area contributed by atoms with Gasteiger partial charge in [-0.15, -0.1) is 0 Å². The quantitative estimate of drug-likeness (QED) is 0.913. The van der Waals surface area contributed by atoms with Gasteiger partial charge in [-0.3, -0.25) is 0 Å². The summed E-state index contributed by atoms with van der Waals surface area (Å²) in [6, 6.07) is 6.55. The van der Waals surface area contributed by atoms with Crippen LogP contribution in [0.25, 0.3) is 16.5 Å². The number of allylic oxidation sites excluding steroid dienone is 1. The van der Waals surface area contributed by atoms with E-state index < -0.39 is 0 Å². The Morgan fingerprint density at radius 3 is 2.57 bits per heavy atom. The summed E-state index contributed by atoms with van der Waals surface area (Å²) in [5.41, 5.74) is 9.36. The monoisotopic (exact) mass is 304 g/mol. The third kappa shape index (κ3) is 3.44. The summed E-state index contributed by atoms with van der Waals surface area (Å²) in [5.74, 6) is 3.35. The molecule has 0 radical (unpaired) electrons. The van der Waals surface area contributed by atoms with Gasteiger partial charge in [-0.05, 0) is 49.4 Å². The maximum Gasteiger partial charge on any atom is 0.136 e. The summed E-state index contributed by atoms with van der Waals surface area (Å²) in [4.78, 5) is 2.13. The molecule has 4 heteroatoms. The molecule has 2 N–H and O–H groups in total. The second kappa shape index (κ2) is 7.05. The SMILES string of the molecule is CN.Cc1cc2cc(C3=CCSCC3)oc2cc1N(C)C. The molecule has 1 aliphatic rings. The number of fused-ring (bicyclic) bond motifs is 1. The lowest BCUT2D eigenvalue weighted by Gasteiger charge is -2.15. The fraction of sp³-hybridized carbons (Fsp3) is 0.412. The zero-order valence-corrected chi connectivity index (χ0v) is 14.1. The average molecular weight is 304 g/mol. The first-order valence-electron chi connectivity index (χ1n) is 7.21. The van der Waals surface area contributed by atoms with E-state index in [2.05, 4.69) is 55.9 Å². The number of rotatable bonds is 2. The lowest BCUT2D eigenvalue weighted by Crippen LogP contribution is -2.09. The third-order valence-corrected chi connectivity index (χ3v) is 4.49. The Hall–Kier alpha value is -1.39. The number of nitrogens with two attached hydrogens (primary N) is 1. The van der Waals surface area contributed by atoms with Crippen LogP contribution >= 0.6 is 11.8 Å². The van der Waals surface area contributed by atoms with E-state index in [4.69, 9.17) is 4.42 Å². The zero-order chi connectivity index (χ0) is 15.4. The molecule has 0 spiro atoms. The molecule has 3 nitrogen and oxygen atoms in total. The summed E-state index contributed by atoms with van der Waals surface area (Å²) in [5, 5.41) is 1.21. The minimum Gasteiger partial charge on any atom is -0.456 e. The van der Waals surface area contributed by atoms with Gasteiger partial charge in [-0.1, -0.05) is 6.08 Å². The van der Waals surface area contributed by atoms with Crippen molar-refractivity contribution in [3.63, 3.8) is 0 Å². The number of anilines is 1. The largest absolute Gasteiger partial charge is 0.456 e. The van der Waals surface area contributed by atoms with Crippen molar-refractivity contribution in [1.29, 1.82) is 0 Å². The van der Waals surface area contributed by atoms with Crippen molar-refractivity contribution in [1.82, 2.24) is 0 Å². The normalized spacial score (nSPS) is 14.4. The number of furan rings is 1. The fourth-order valence-electron chi connectivity index (χ4n) is 2.58. The highest BCUT2D eigenvalue weighted by molar-refractivity contribution is 7.99. The van der Waals surface area contributed by atoms with Crippen LogP contribution in [-0.4, -0.2) is 32.6 Å². The van der Waals surface area contributed by atoms with Gasteiger partial charge in [0.2, 0.25) is 0 Å². The molecule has 0 bridgehead atoms. The number of aryl methyl sites for hydroxylation is 1. The highest BCUT2D eigenvalue weighted by Crippen LogP contribution is 2.33. The molecule has 0 aliphatic carbocycles. The van der Waals surface area contributed by atoms with Crippen LogP contribution < -0.4 is 10.6 Å². The molecule has 0 saturated carbocycles. The smallest absolute Gasteiger partial charge is 0.136 e. The van der Waals surface area contributed by atoms with E-state index in [0.717, 1.165) is 23.5 Å². The first kappa shape index (κ1) is 16.0. The second-order valence-corrected chi connectivity index (χ2v) is 6.39. The molecule has 0 unspecified atom stereocenters. The molecular formula is C17H24N2OS. The number of benzene rings is 1. The van der Waals surface area contributed by atoms with Gasteiger partial charge >= 0.3 is 0 Å². The van der Waals surface area contributed by atoms with Crippen LogP contribution in [0.5, 0.6) is 0 Å². The van der Waals surface area contributed by atoms with Crippen LogP contribution in [0.4, 0.5) is 5.69 Å². The molecule has 0 saturated heterocycles. The minimum atomic E-state index is 0.989. The molecule has 0 amide bonds. The fourth-order valence-corrected chi connectivity index (χ4v) is 3.43. The minimum absolute atomic E-state index is 0.989. The lowest BCUT2D eigenvalue weighted by atomic mass is 10.1. The lowest BCUT2D eigenvalue weighted by molar-refractivity contribution is 0.597. The predicted octanol–water partition coefficient (Wildman–Crippen LogP) is 3.90. The molecule has 1 aromatic carbocycles. The molecule has 2 aromatic rings. The molecule has 21 heavy (non-hydrogen) atoms. The van der Waals surface area contributed by atoms with Crippen molar-refractivity contribution in [3.05, 3.63) is 35.6 Å². The molecule has 2 heterocycles. The molecular weight excluding hydrogens is 280 g/mol. The van der Waals surface area contributed by atoms with Gasteiger partial charge in [-0.25, -0.2) is 0 Å². The van der Waals surface area contributed by atoms with Crippen LogP contribution in [0, 0.1) is 6.92 Å². The standard InChI is InChI=1S/C16H19NOS.CH5N/c1-11-8-13-9-15(12-4-6-19-7-5-12)18-16(13)10-14(11)17(2)3;1-2/h4,8-10H,5-7H2,1-3H3;2H2,1H3. The summed E-state index contributed by atoms with van der Waals surface area (Å²) >= 11 is 1.98. The van der Waals surface area contributed by atoms with Gasteiger partial charge in [0, 0.05) is 37.0 Å². The van der Waals surface area contributed by atoms with Gasteiger partial charge in [0.25, 0.3) is 0 Å². The van der Waals surface area contributed by atoms with Crippen molar-refractivity contribution < 1.29 is 4.42 Å². The maximum atomic E-state index is 6.05. The Morgan fingerprint density at radius 1 is 1.19 bits per heavy atom. The Bertz CT molecular complexity index is 644. The van der Waals surface area contributed by atoms with E-state index >= 15 is 0 Å². The number of nitrogens with zero attached hydrogens (tertiary/aromatic N) is 1. The summed E-state index contributed by atoms with van der Waals surface area (Å²) in [6.07, 6.45) is 3.41. The highest BCUT2D eigenvalue weighted by Gasteiger charge is 2.13. The Kier molecular flexibility index (Phi) is 5.37. The molecule has 1 aliphatic heterocycles. The average Bonchev–Trinajstić information content (AvgIpc) is 2.92. The van der Waals surface area contributed by atoms with Crippen molar-refractivity contribution in [2.75, 3.05) is 37.5 Å². The van der Waals surface area contributed by atoms with Gasteiger partial charge in [-0.2, -0.15) is 11.8 Å². The molecule has 1 aromatic heterocycles. The molecule has 3 rings (SSSR count). The first-order chi connectivity index (χ1) is 10.1. The van der Waals surface area contributed by atoms with Gasteiger partial charge in [0.1, 0.15) is 11.3 Å². The van der Waals surface area contributed by atoms with Crippen molar-refractivity contribution >= 4 is 34.0 Å². The van der Waals surface area contributed by atoms with Gasteiger partial charge < -0.3 is 15.1 Å². The molecule has 0 atom stereocenters. The topological polar surface area (TPSA) is 42.4 Å². The van der Waals surface area contributed by atoms with Gasteiger partial charge in [0.15, 0.2) is 0 Å². The van der Waals surface area contributed by atoms with Gasteiger partial charge in [0.05, 0.1) is 0 Å². The van der Waals surface area contributed by atoms with Crippen molar-refractivity contribution in [2.45, 2.75) is 13.3 Å². The Balaban J connectivity index is 0.000000774. The number of hydrogen-bond donors (Lipinski definition) is 1. The van der Waals surface area contributed by atoms with E-state index in [1.807, 2.05) is 11.8 Å². The zero-order valence-electron chi connectivity index (χ0n) is 13.3. The highest BCUT2D eigenvalue weighted by atomic mass is 32.2. The van der Waals surface area contributed by atoms with Crippen LogP contribution in [0.1, 0.15) is 17.7 Å². The van der Waals surface area contributed by atoms with E-state index in [9.17, 15) is 0 Å². The summed E-state index contributed by atoms with van der Waals surface area (Å²) in [7, 11) is 5.64. The Morgan fingerprint density at radius 2 is 1.95 bits per heavy atom. The van der Waals surface area contributed by atoms with Crippen LogP contribution in [-0.2, 0) is 0 Å². The van der Waals surface area contributed by atoms with Crippen molar-refractivity contribution in [3.8, 4) is 0 Å². The van der Waals surface area contributed by atoms with Crippen LogP contribution in [0.3, 0.4) is 0 Å². The van der Waals surface area contributed by atoms with E-state index in [0.29, 0.717) is 0 Å². The Labute approximate surface area is 131 Å². The number of thioether (sulfide) groups is 1. The van der Waals surface area contributed by atoms with Crippen LogP contribution in [0.2, 0.25) is 0 Å². The summed E-state index contributed by atoms with van der Waals surface area (Å²) in [6.45, 7) is 2.15. The third-order valence-electron chi connectivity index (χ3n) is 3.60. The van der Waals surface area contributed by atoms with Crippen LogP contribution in [0.15, 0.2) is 28.7 Å². The summed E-state index contributed by atoms with van der Waals surface area (Å²) < 4.78 is 6.05. The maximum absolute atomic E-state index is 6.05. The molecule has 0 fully saturated rings. The molecule has 114 valence electrons. The second-order valence-electron chi connectivity index (χ2n) is 5.24. The first-order valence-corrected chi connectivity index (χ1v) is 8.37. The van der Waals surface area contributed by atoms with E-state index in [1.165, 1.54) is 35.0 Å². The number of hydrogen-bond acceptors (Lipinski definition) is 4. The van der Waals surface area contributed by atoms with Crippen molar-refractivity contribution in [2.24, 2.45) is 5.73 Å².